The quantitative estimate of drug-likeness (QED) is 0.768. The lowest BCUT2D eigenvalue weighted by Gasteiger charge is -2.36. The van der Waals surface area contributed by atoms with Crippen molar-refractivity contribution in [1.82, 2.24) is 9.80 Å². The molecule has 2 aliphatic carbocycles. The van der Waals surface area contributed by atoms with Crippen LogP contribution in [0.25, 0.3) is 6.08 Å². The van der Waals surface area contributed by atoms with Crippen molar-refractivity contribution in [3.63, 3.8) is 0 Å². The number of fused-ring (bicyclic) bond motifs is 2. The Morgan fingerprint density at radius 3 is 2.39 bits per heavy atom. The first kappa shape index (κ1) is 15.2. The van der Waals surface area contributed by atoms with Crippen molar-refractivity contribution in [3.8, 4) is 0 Å². The molecule has 1 aromatic rings. The molecule has 0 unspecified atom stereocenters. The van der Waals surface area contributed by atoms with Gasteiger partial charge in [0, 0.05) is 39.3 Å². The van der Waals surface area contributed by atoms with Crippen molar-refractivity contribution in [3.05, 3.63) is 54.1 Å². The van der Waals surface area contributed by atoms with E-state index in [1.807, 2.05) is 0 Å². The van der Waals surface area contributed by atoms with Gasteiger partial charge >= 0.3 is 0 Å². The summed E-state index contributed by atoms with van der Waals surface area (Å²) in [6.07, 6.45) is 12.4. The number of hydrogen-bond acceptors (Lipinski definition) is 2. The fourth-order valence-electron chi connectivity index (χ4n) is 4.49. The monoisotopic (exact) mass is 308 g/mol. The number of allylic oxidation sites excluding steroid dienone is 2. The van der Waals surface area contributed by atoms with Gasteiger partial charge in [-0.15, -0.1) is 0 Å². The summed E-state index contributed by atoms with van der Waals surface area (Å²) < 4.78 is 0. The molecule has 2 fully saturated rings. The van der Waals surface area contributed by atoms with E-state index in [1.54, 1.807) is 0 Å². The van der Waals surface area contributed by atoms with Crippen LogP contribution in [0, 0.1) is 17.8 Å². The molecule has 3 aliphatic rings. The zero-order valence-electron chi connectivity index (χ0n) is 14.0. The van der Waals surface area contributed by atoms with E-state index in [2.05, 4.69) is 64.4 Å². The Morgan fingerprint density at radius 1 is 0.913 bits per heavy atom. The summed E-state index contributed by atoms with van der Waals surface area (Å²) in [4.78, 5) is 5.28. The van der Waals surface area contributed by atoms with Crippen molar-refractivity contribution in [1.29, 1.82) is 0 Å². The van der Waals surface area contributed by atoms with Crippen LogP contribution in [-0.2, 0) is 0 Å². The van der Waals surface area contributed by atoms with Gasteiger partial charge in [0.05, 0.1) is 0 Å². The Balaban J connectivity index is 1.19. The van der Waals surface area contributed by atoms with E-state index in [0.717, 1.165) is 24.3 Å². The van der Waals surface area contributed by atoms with Gasteiger partial charge in [-0.2, -0.15) is 0 Å². The Labute approximate surface area is 140 Å². The fourth-order valence-corrected chi connectivity index (χ4v) is 4.49. The molecule has 2 heteroatoms. The topological polar surface area (TPSA) is 6.48 Å². The molecule has 1 aliphatic heterocycles. The van der Waals surface area contributed by atoms with E-state index in [1.165, 1.54) is 51.1 Å². The van der Waals surface area contributed by atoms with E-state index < -0.39 is 0 Å². The van der Waals surface area contributed by atoms with Gasteiger partial charge in [0.1, 0.15) is 0 Å². The second-order valence-corrected chi connectivity index (χ2v) is 7.45. The van der Waals surface area contributed by atoms with Crippen LogP contribution >= 0.6 is 0 Å². The maximum Gasteiger partial charge on any atom is 0.0167 e. The van der Waals surface area contributed by atoms with Crippen molar-refractivity contribution in [2.75, 3.05) is 39.3 Å². The molecule has 0 spiro atoms. The van der Waals surface area contributed by atoms with Crippen molar-refractivity contribution in [2.45, 2.75) is 12.8 Å². The molecule has 0 aromatic heterocycles. The van der Waals surface area contributed by atoms with E-state index in [0.29, 0.717) is 0 Å². The number of benzene rings is 1. The highest BCUT2D eigenvalue weighted by molar-refractivity contribution is 5.48. The molecular weight excluding hydrogens is 280 g/mol. The molecule has 1 aromatic carbocycles. The van der Waals surface area contributed by atoms with Gasteiger partial charge < -0.3 is 4.90 Å². The largest absolute Gasteiger partial charge is 0.300 e. The van der Waals surface area contributed by atoms with Gasteiger partial charge in [0.2, 0.25) is 0 Å². The second-order valence-electron chi connectivity index (χ2n) is 7.45. The number of piperazine rings is 1. The number of nitrogens with zero attached hydrogens (tertiary/aromatic N) is 2. The first-order valence-electron chi connectivity index (χ1n) is 9.21. The summed E-state index contributed by atoms with van der Waals surface area (Å²) in [5, 5.41) is 0. The van der Waals surface area contributed by atoms with Gasteiger partial charge in [-0.05, 0) is 36.2 Å². The molecule has 0 amide bonds. The molecule has 122 valence electrons. The third-order valence-electron chi connectivity index (χ3n) is 5.85. The van der Waals surface area contributed by atoms with Crippen LogP contribution < -0.4 is 0 Å². The lowest BCUT2D eigenvalue weighted by Crippen LogP contribution is -2.47. The fraction of sp³-hybridized carbons (Fsp3) is 0.524. The van der Waals surface area contributed by atoms with Crippen molar-refractivity contribution < 1.29 is 0 Å². The third kappa shape index (κ3) is 3.76. The van der Waals surface area contributed by atoms with E-state index >= 15 is 0 Å². The first-order chi connectivity index (χ1) is 11.4. The standard InChI is InChI=1S/C21H28N2/c1-2-5-18(6-3-1)7-4-10-22-11-13-23(14-12-22)17-21-16-19-8-9-20(21)15-19/h1-9,19-21H,10-17H2/b7-4+/t19-,20-,21-/m0/s1. The van der Waals surface area contributed by atoms with Gasteiger partial charge in [-0.3, -0.25) is 4.90 Å². The third-order valence-corrected chi connectivity index (χ3v) is 5.85. The minimum atomic E-state index is 0.895. The lowest BCUT2D eigenvalue weighted by atomic mass is 9.93. The van der Waals surface area contributed by atoms with E-state index in [9.17, 15) is 0 Å². The highest BCUT2D eigenvalue weighted by atomic mass is 15.3. The number of hydrogen-bond donors (Lipinski definition) is 0. The van der Waals surface area contributed by atoms with Crippen molar-refractivity contribution >= 4 is 6.08 Å². The normalized spacial score (nSPS) is 31.4. The molecule has 0 N–H and O–H groups in total. The summed E-state index contributed by atoms with van der Waals surface area (Å²) in [7, 11) is 0. The first-order valence-corrected chi connectivity index (χ1v) is 9.21. The average molecular weight is 308 g/mol. The molecule has 23 heavy (non-hydrogen) atoms. The summed E-state index contributed by atoms with van der Waals surface area (Å²) in [5.41, 5.74) is 1.30. The molecule has 1 heterocycles. The van der Waals surface area contributed by atoms with Crippen LogP contribution in [0.1, 0.15) is 18.4 Å². The van der Waals surface area contributed by atoms with Gasteiger partial charge in [-0.25, -0.2) is 0 Å². The van der Waals surface area contributed by atoms with E-state index in [-0.39, 0.29) is 0 Å². The maximum atomic E-state index is 2.70. The van der Waals surface area contributed by atoms with Gasteiger partial charge in [0.25, 0.3) is 0 Å². The van der Waals surface area contributed by atoms with Gasteiger partial charge in [0.15, 0.2) is 0 Å². The van der Waals surface area contributed by atoms with Crippen LogP contribution in [0.4, 0.5) is 0 Å². The molecule has 4 rings (SSSR count). The zero-order valence-corrected chi connectivity index (χ0v) is 14.0. The predicted molar refractivity (Wildman–Crippen MR) is 97.2 cm³/mol. The van der Waals surface area contributed by atoms with Gasteiger partial charge in [-0.1, -0.05) is 54.6 Å². The van der Waals surface area contributed by atoms with Crippen LogP contribution in [0.15, 0.2) is 48.6 Å². The Bertz CT molecular complexity index is 554. The Hall–Kier alpha value is -1.38. The summed E-state index contributed by atoms with van der Waals surface area (Å²) in [5.74, 6) is 2.75. The van der Waals surface area contributed by atoms with Crippen molar-refractivity contribution in [2.24, 2.45) is 17.8 Å². The molecule has 1 saturated heterocycles. The minimum absolute atomic E-state index is 0.895. The molecule has 3 atom stereocenters. The highest BCUT2D eigenvalue weighted by Gasteiger charge is 2.36. The van der Waals surface area contributed by atoms with Crippen LogP contribution in [0.3, 0.4) is 0 Å². The molecule has 1 saturated carbocycles. The molecular formula is C21H28N2. The van der Waals surface area contributed by atoms with E-state index in [4.69, 9.17) is 0 Å². The molecule has 2 bridgehead atoms. The second kappa shape index (κ2) is 7.02. The maximum absolute atomic E-state index is 2.70. The molecule has 0 radical (unpaired) electrons. The lowest BCUT2D eigenvalue weighted by molar-refractivity contribution is 0.121. The van der Waals surface area contributed by atoms with Crippen LogP contribution in [-0.4, -0.2) is 49.1 Å². The summed E-state index contributed by atoms with van der Waals surface area (Å²) >= 11 is 0. The highest BCUT2D eigenvalue weighted by Crippen LogP contribution is 2.43. The predicted octanol–water partition coefficient (Wildman–Crippen LogP) is 3.53. The summed E-state index contributed by atoms with van der Waals surface area (Å²) in [6, 6.07) is 10.6. The smallest absolute Gasteiger partial charge is 0.0167 e. The zero-order chi connectivity index (χ0) is 15.5. The SMILES string of the molecule is C1=C[C@H]2C[C@H]1C[C@H]2CN1CCN(C/C=C/c2ccccc2)CC1. The Kier molecular flexibility index (Phi) is 4.63. The average Bonchev–Trinajstić information content (AvgIpc) is 3.20. The van der Waals surface area contributed by atoms with Crippen LogP contribution in [0.2, 0.25) is 0 Å². The van der Waals surface area contributed by atoms with Crippen LogP contribution in [0.5, 0.6) is 0 Å². The molecule has 2 nitrogen and oxygen atoms in total. The minimum Gasteiger partial charge on any atom is -0.300 e. The number of rotatable bonds is 5. The summed E-state index contributed by atoms with van der Waals surface area (Å²) in [6.45, 7) is 7.35. The Morgan fingerprint density at radius 2 is 1.70 bits per heavy atom.